The van der Waals surface area contributed by atoms with Gasteiger partial charge in [0.25, 0.3) is 11.5 Å². The largest absolute Gasteiger partial charge is 0.496 e. The van der Waals surface area contributed by atoms with Crippen LogP contribution in [0.4, 0.5) is 5.69 Å². The van der Waals surface area contributed by atoms with Crippen molar-refractivity contribution >= 4 is 57.7 Å². The van der Waals surface area contributed by atoms with Gasteiger partial charge in [0.15, 0.2) is 4.80 Å². The second-order valence-corrected chi connectivity index (χ2v) is 10.5. The predicted octanol–water partition coefficient (Wildman–Crippen LogP) is 4.22. The number of carbonyl (C=O) groups is 2. The highest BCUT2D eigenvalue weighted by Gasteiger charge is 2.37. The lowest BCUT2D eigenvalue weighted by atomic mass is 9.93. The Morgan fingerprint density at radius 3 is 2.58 bits per heavy atom. The Kier molecular flexibility index (Phi) is 7.17. The zero-order valence-electron chi connectivity index (χ0n) is 20.8. The minimum absolute atomic E-state index is 0.146. The van der Waals surface area contributed by atoms with Crippen molar-refractivity contribution in [3.63, 3.8) is 0 Å². The van der Waals surface area contributed by atoms with E-state index in [1.54, 1.807) is 43.3 Å². The van der Waals surface area contributed by atoms with E-state index in [1.165, 1.54) is 11.7 Å². The van der Waals surface area contributed by atoms with E-state index in [9.17, 15) is 14.4 Å². The van der Waals surface area contributed by atoms with E-state index < -0.39 is 23.5 Å². The van der Waals surface area contributed by atoms with Crippen LogP contribution < -0.4 is 24.9 Å². The minimum atomic E-state index is -0.932. The molecule has 2 aromatic carbocycles. The summed E-state index contributed by atoms with van der Waals surface area (Å²) >= 11 is 13.7. The van der Waals surface area contributed by atoms with Gasteiger partial charge in [-0.25, -0.2) is 9.79 Å². The maximum atomic E-state index is 14.1. The summed E-state index contributed by atoms with van der Waals surface area (Å²) in [6.45, 7) is 3.83. The monoisotopic (exact) mass is 571 g/mol. The fraction of sp³-hybridized carbons (Fsp3) is 0.259. The van der Waals surface area contributed by atoms with Gasteiger partial charge >= 0.3 is 5.97 Å². The van der Waals surface area contributed by atoms with Crippen molar-refractivity contribution in [1.82, 2.24) is 4.57 Å². The van der Waals surface area contributed by atoms with E-state index in [0.29, 0.717) is 55.9 Å². The molecule has 11 heteroatoms. The lowest BCUT2D eigenvalue weighted by molar-refractivity contribution is -0.139. The van der Waals surface area contributed by atoms with Crippen LogP contribution in [-0.4, -0.2) is 30.2 Å². The SMILES string of the molecule is CCCC1=C(C(=O)OCC)[C@H](c2cc(Cl)ccc2OC)n2c(s/c(=C3/C(=O)Nc4ccc(Cl)cc43)c2=O)=N1. The number of aromatic nitrogens is 1. The molecule has 3 heterocycles. The summed E-state index contributed by atoms with van der Waals surface area (Å²) < 4.78 is 12.6. The maximum Gasteiger partial charge on any atom is 0.338 e. The molecular formula is C27H23Cl2N3O5S. The first kappa shape index (κ1) is 26.2. The minimum Gasteiger partial charge on any atom is -0.496 e. The molecule has 196 valence electrons. The maximum absolute atomic E-state index is 14.1. The highest BCUT2D eigenvalue weighted by molar-refractivity contribution is 7.07. The van der Waals surface area contributed by atoms with Crippen molar-refractivity contribution in [3.05, 3.63) is 88.5 Å². The van der Waals surface area contributed by atoms with Crippen LogP contribution in [0.1, 0.15) is 43.9 Å². The lowest BCUT2D eigenvalue weighted by Gasteiger charge is -2.27. The molecule has 0 saturated heterocycles. The van der Waals surface area contributed by atoms with E-state index in [0.717, 1.165) is 11.3 Å². The van der Waals surface area contributed by atoms with E-state index in [-0.39, 0.29) is 22.3 Å². The van der Waals surface area contributed by atoms with Crippen LogP contribution in [0.25, 0.3) is 5.57 Å². The van der Waals surface area contributed by atoms with Gasteiger partial charge in [-0.2, -0.15) is 0 Å². The topological polar surface area (TPSA) is 99.0 Å². The Balaban J connectivity index is 1.89. The molecule has 0 unspecified atom stereocenters. The number of ether oxygens (including phenoxy) is 2. The number of nitrogens with one attached hydrogen (secondary N) is 1. The van der Waals surface area contributed by atoms with Gasteiger partial charge in [0.05, 0.1) is 30.6 Å². The highest BCUT2D eigenvalue weighted by Crippen LogP contribution is 2.38. The number of fused-ring (bicyclic) bond motifs is 2. The van der Waals surface area contributed by atoms with Crippen LogP contribution in [0.3, 0.4) is 0 Å². The van der Waals surface area contributed by atoms with Gasteiger partial charge in [-0.3, -0.25) is 14.2 Å². The molecule has 0 bridgehead atoms. The molecule has 8 nitrogen and oxygen atoms in total. The third-order valence-corrected chi connectivity index (χ3v) is 7.83. The molecule has 0 saturated carbocycles. The number of esters is 1. The summed E-state index contributed by atoms with van der Waals surface area (Å²) in [4.78, 5) is 45.6. The molecule has 5 rings (SSSR count). The number of hydrogen-bond donors (Lipinski definition) is 1. The smallest absolute Gasteiger partial charge is 0.338 e. The quantitative estimate of drug-likeness (QED) is 0.447. The number of nitrogens with zero attached hydrogens (tertiary/aromatic N) is 2. The van der Waals surface area contributed by atoms with Crippen molar-refractivity contribution < 1.29 is 19.1 Å². The number of hydrogen-bond acceptors (Lipinski definition) is 7. The van der Waals surface area contributed by atoms with E-state index in [4.69, 9.17) is 37.7 Å². The summed E-state index contributed by atoms with van der Waals surface area (Å²) in [6.07, 6.45) is 1.18. The van der Waals surface area contributed by atoms with Crippen LogP contribution in [-0.2, 0) is 14.3 Å². The van der Waals surface area contributed by atoms with Crippen LogP contribution in [0.5, 0.6) is 5.75 Å². The van der Waals surface area contributed by atoms with Gasteiger partial charge in [0.2, 0.25) is 0 Å². The summed E-state index contributed by atoms with van der Waals surface area (Å²) in [5, 5.41) is 3.63. The molecule has 0 aliphatic carbocycles. The average Bonchev–Trinajstić information content (AvgIpc) is 3.38. The third-order valence-electron chi connectivity index (χ3n) is 6.31. The molecule has 1 aromatic heterocycles. The average molecular weight is 572 g/mol. The fourth-order valence-corrected chi connectivity index (χ4v) is 6.22. The zero-order chi connectivity index (χ0) is 27.1. The summed E-state index contributed by atoms with van der Waals surface area (Å²) in [6, 6.07) is 9.08. The van der Waals surface area contributed by atoms with Crippen LogP contribution in [0.15, 0.2) is 57.5 Å². The number of methoxy groups -OCH3 is 1. The standard InChI is InChI=1S/C27H23Cl2N3O5S/c1-4-6-18-21(26(35)37-5-2)22(16-12-14(29)8-10-19(16)36-3)32-25(34)23(38-27(32)31-18)20-15-11-13(28)7-9-17(15)30-24(20)33/h7-12,22H,4-6H2,1-3H3,(H,30,33)/b23-20+/t22-/m0/s1. The molecule has 0 spiro atoms. The van der Waals surface area contributed by atoms with Crippen LogP contribution in [0.2, 0.25) is 10.0 Å². The number of anilines is 1. The Bertz CT molecular complexity index is 1710. The Morgan fingerprint density at radius 2 is 1.87 bits per heavy atom. The second kappa shape index (κ2) is 10.4. The van der Waals surface area contributed by atoms with Gasteiger partial charge in [-0.1, -0.05) is 47.9 Å². The molecule has 2 aliphatic rings. The number of carbonyl (C=O) groups excluding carboxylic acids is 2. The van der Waals surface area contributed by atoms with Crippen molar-refractivity contribution in [2.45, 2.75) is 32.7 Å². The molecule has 2 aliphatic heterocycles. The van der Waals surface area contributed by atoms with Gasteiger partial charge in [0.1, 0.15) is 16.3 Å². The van der Waals surface area contributed by atoms with E-state index >= 15 is 0 Å². The number of amides is 1. The molecule has 1 N–H and O–H groups in total. The van der Waals surface area contributed by atoms with Crippen LogP contribution >= 0.6 is 34.5 Å². The number of benzene rings is 2. The first-order chi connectivity index (χ1) is 18.3. The molecule has 1 atom stereocenters. The first-order valence-electron chi connectivity index (χ1n) is 12.0. The van der Waals surface area contributed by atoms with Crippen molar-refractivity contribution in [2.24, 2.45) is 4.99 Å². The second-order valence-electron chi connectivity index (χ2n) is 8.64. The lowest BCUT2D eigenvalue weighted by Crippen LogP contribution is -2.41. The molecule has 0 radical (unpaired) electrons. The molecule has 38 heavy (non-hydrogen) atoms. The van der Waals surface area contributed by atoms with Crippen molar-refractivity contribution in [1.29, 1.82) is 0 Å². The van der Waals surface area contributed by atoms with Crippen molar-refractivity contribution in [3.8, 4) is 5.75 Å². The van der Waals surface area contributed by atoms with E-state index in [2.05, 4.69) is 5.32 Å². The molecule has 0 fully saturated rings. The molecule has 1 amide bonds. The normalized spacial score (nSPS) is 17.5. The number of thiazole rings is 1. The summed E-state index contributed by atoms with van der Waals surface area (Å²) in [5.74, 6) is -0.559. The van der Waals surface area contributed by atoms with Gasteiger partial charge in [-0.15, -0.1) is 0 Å². The molecular weight excluding hydrogens is 549 g/mol. The van der Waals surface area contributed by atoms with E-state index in [1.807, 2.05) is 6.92 Å². The Hall–Kier alpha value is -3.40. The van der Waals surface area contributed by atoms with Crippen LogP contribution in [0, 0.1) is 0 Å². The Labute approximate surface area is 231 Å². The number of rotatable bonds is 6. The first-order valence-corrected chi connectivity index (χ1v) is 13.5. The Morgan fingerprint density at radius 1 is 1.13 bits per heavy atom. The number of allylic oxidation sites excluding steroid dienone is 1. The highest BCUT2D eigenvalue weighted by atomic mass is 35.5. The van der Waals surface area contributed by atoms with Gasteiger partial charge in [-0.05, 0) is 49.7 Å². The number of halogens is 2. The van der Waals surface area contributed by atoms with Crippen molar-refractivity contribution in [2.75, 3.05) is 19.0 Å². The predicted molar refractivity (Wildman–Crippen MR) is 147 cm³/mol. The fourth-order valence-electron chi connectivity index (χ4n) is 4.75. The van der Waals surface area contributed by atoms with Gasteiger partial charge < -0.3 is 14.8 Å². The zero-order valence-corrected chi connectivity index (χ0v) is 23.1. The summed E-state index contributed by atoms with van der Waals surface area (Å²) in [5.41, 5.74) is 2.07. The third kappa shape index (κ3) is 4.34. The van der Waals surface area contributed by atoms with Gasteiger partial charge in [0, 0.05) is 26.9 Å². The summed E-state index contributed by atoms with van der Waals surface area (Å²) in [7, 11) is 1.50. The molecule has 3 aromatic rings.